The molecule has 0 saturated carbocycles. The second kappa shape index (κ2) is 13.6. The van der Waals surface area contributed by atoms with E-state index in [-0.39, 0.29) is 42.2 Å². The van der Waals surface area contributed by atoms with E-state index in [0.717, 1.165) is 19.4 Å². The predicted octanol–water partition coefficient (Wildman–Crippen LogP) is 0.574. The molecule has 4 aliphatic heterocycles. The van der Waals surface area contributed by atoms with Gasteiger partial charge in [-0.05, 0) is 49.9 Å². The molecule has 36 heavy (non-hydrogen) atoms. The molecule has 208 valence electrons. The second-order valence-electron chi connectivity index (χ2n) is 10.9. The smallest absolute Gasteiger partial charge is 0.240 e. The summed E-state index contributed by atoms with van der Waals surface area (Å²) in [4.78, 5) is 13.4. The molecule has 4 aliphatic rings. The van der Waals surface area contributed by atoms with E-state index in [1.165, 1.54) is 18.2 Å². The molecule has 0 aromatic rings. The number of amides is 1. The largest absolute Gasteiger partial charge is 0.395 e. The fourth-order valence-electron chi connectivity index (χ4n) is 5.99. The number of carbonyl (C=O) groups is 1. The molecule has 0 radical (unpaired) electrons. The van der Waals surface area contributed by atoms with E-state index in [9.17, 15) is 25.2 Å². The number of halogens is 1. The highest BCUT2D eigenvalue weighted by Gasteiger charge is 2.49. The number of allylic oxidation sites excluding steroid dienone is 1. The zero-order chi connectivity index (χ0) is 25.1. The minimum Gasteiger partial charge on any atom is -0.395 e. The summed E-state index contributed by atoms with van der Waals surface area (Å²) in [7, 11) is 0. The average Bonchev–Trinajstić information content (AvgIpc) is 3.11. The van der Waals surface area contributed by atoms with Gasteiger partial charge in [-0.2, -0.15) is 0 Å². The lowest BCUT2D eigenvalue weighted by Crippen LogP contribution is -2.64. The van der Waals surface area contributed by atoms with Crippen molar-refractivity contribution in [3.8, 4) is 0 Å². The zero-order valence-electron chi connectivity index (χ0n) is 21.1. The molecular weight excluding hydrogens is 508 g/mol. The first-order valence-corrected chi connectivity index (χ1v) is 14.0. The summed E-state index contributed by atoms with van der Waals surface area (Å²) in [5.74, 6) is 1.32. The van der Waals surface area contributed by atoms with E-state index in [1.807, 2.05) is 12.2 Å². The monoisotopic (exact) mass is 550 g/mol. The maximum absolute atomic E-state index is 13.4. The van der Waals surface area contributed by atoms with Gasteiger partial charge in [-0.15, -0.1) is 24.2 Å². The first kappa shape index (κ1) is 30.1. The SMILES string of the molecule is CC(C)C[C@@H]1CCO[C@@H]2[C@H](CN[C@@H]2C(=O)N[C@@H]2C/C=C\C[C@H](CO)S[C@H]3O[C@H]2[C@H](O)[C@H](O)[C@H]3O)C1.Cl. The standard InChI is InChI=1S/C25H42N2O7S.ClH/c1-13(2)9-14-7-8-33-22-15(10-14)11-26-18(22)24(32)27-17-6-4-3-5-16(12-28)35-25-21(31)19(29)20(30)23(17)34-25;/h3-4,13-23,25-26,28-31H,5-12H2,1-2H3,(H,27,32);1H/b4-3-;/t14-,15-,16+,17+,18-,19-,20+,21+,22+,23+,25+;/m0./s1. The van der Waals surface area contributed by atoms with Crippen LogP contribution >= 0.6 is 24.2 Å². The number of rotatable bonds is 5. The highest BCUT2D eigenvalue weighted by molar-refractivity contribution is 8.00. The van der Waals surface area contributed by atoms with E-state index >= 15 is 0 Å². The first-order valence-electron chi connectivity index (χ1n) is 13.0. The minimum atomic E-state index is -1.41. The lowest BCUT2D eigenvalue weighted by atomic mass is 9.85. The fraction of sp³-hybridized carbons (Fsp3) is 0.880. The van der Waals surface area contributed by atoms with Gasteiger partial charge >= 0.3 is 0 Å². The van der Waals surface area contributed by atoms with Crippen LogP contribution in [-0.2, 0) is 14.3 Å². The number of hydrogen-bond donors (Lipinski definition) is 6. The number of aliphatic hydroxyl groups excluding tert-OH is 4. The summed E-state index contributed by atoms with van der Waals surface area (Å²) < 4.78 is 12.2. The number of thioether (sulfide) groups is 1. The van der Waals surface area contributed by atoms with E-state index in [4.69, 9.17) is 9.47 Å². The van der Waals surface area contributed by atoms with Crippen LogP contribution in [0.15, 0.2) is 12.2 Å². The number of nitrogens with one attached hydrogen (secondary N) is 2. The van der Waals surface area contributed by atoms with Gasteiger partial charge in [-0.3, -0.25) is 4.79 Å². The minimum absolute atomic E-state index is 0. The van der Waals surface area contributed by atoms with Crippen molar-refractivity contribution in [2.45, 2.75) is 99.2 Å². The molecule has 11 atom stereocenters. The van der Waals surface area contributed by atoms with Crippen molar-refractivity contribution in [3.05, 3.63) is 12.2 Å². The normalized spacial score (nSPS) is 44.1. The predicted molar refractivity (Wildman–Crippen MR) is 140 cm³/mol. The van der Waals surface area contributed by atoms with Crippen molar-refractivity contribution < 1.29 is 34.7 Å². The first-order chi connectivity index (χ1) is 16.8. The average molecular weight is 551 g/mol. The van der Waals surface area contributed by atoms with E-state index in [1.54, 1.807) is 0 Å². The maximum atomic E-state index is 13.4. The Morgan fingerprint density at radius 3 is 2.61 bits per heavy atom. The van der Waals surface area contributed by atoms with Gasteiger partial charge < -0.3 is 40.5 Å². The molecule has 3 fully saturated rings. The van der Waals surface area contributed by atoms with Gasteiger partial charge in [0.2, 0.25) is 5.91 Å². The molecule has 2 bridgehead atoms. The van der Waals surface area contributed by atoms with Gasteiger partial charge in [0.25, 0.3) is 0 Å². The highest BCUT2D eigenvalue weighted by Crippen LogP contribution is 2.36. The summed E-state index contributed by atoms with van der Waals surface area (Å²) in [6.45, 7) is 5.76. The number of ether oxygens (including phenoxy) is 2. The molecule has 0 aromatic carbocycles. The molecule has 1 amide bonds. The van der Waals surface area contributed by atoms with Crippen molar-refractivity contribution in [2.75, 3.05) is 19.8 Å². The second-order valence-corrected chi connectivity index (χ2v) is 12.3. The quantitative estimate of drug-likeness (QED) is 0.271. The molecule has 11 heteroatoms. The van der Waals surface area contributed by atoms with Crippen molar-refractivity contribution in [1.29, 1.82) is 0 Å². The number of fused-ring (bicyclic) bond motifs is 3. The summed E-state index contributed by atoms with van der Waals surface area (Å²) in [6, 6.07) is -1.08. The third-order valence-electron chi connectivity index (χ3n) is 7.77. The van der Waals surface area contributed by atoms with E-state index < -0.39 is 41.9 Å². The Morgan fingerprint density at radius 1 is 1.14 bits per heavy atom. The Balaban J connectivity index is 0.00000361. The van der Waals surface area contributed by atoms with Gasteiger partial charge in [0.1, 0.15) is 35.9 Å². The molecular formula is C25H43ClN2O7S. The third kappa shape index (κ3) is 6.95. The molecule has 0 unspecified atom stereocenters. The third-order valence-corrected chi connectivity index (χ3v) is 9.15. The van der Waals surface area contributed by atoms with Crippen LogP contribution in [0.3, 0.4) is 0 Å². The van der Waals surface area contributed by atoms with Gasteiger partial charge in [0.05, 0.1) is 18.8 Å². The molecule has 4 rings (SSSR count). The molecule has 0 aromatic heterocycles. The van der Waals surface area contributed by atoms with Crippen LogP contribution < -0.4 is 10.6 Å². The lowest BCUT2D eigenvalue weighted by molar-refractivity contribution is -0.205. The van der Waals surface area contributed by atoms with E-state index in [0.29, 0.717) is 31.3 Å². The number of carbonyl (C=O) groups excluding carboxylic acids is 1. The topological polar surface area (TPSA) is 141 Å². The van der Waals surface area contributed by atoms with Crippen molar-refractivity contribution >= 4 is 30.1 Å². The van der Waals surface area contributed by atoms with Crippen LogP contribution in [0.1, 0.15) is 46.0 Å². The van der Waals surface area contributed by atoms with Crippen LogP contribution in [0.4, 0.5) is 0 Å². The maximum Gasteiger partial charge on any atom is 0.240 e. The Labute approximate surface area is 224 Å². The molecule has 9 nitrogen and oxygen atoms in total. The number of hydrogen-bond acceptors (Lipinski definition) is 9. The van der Waals surface area contributed by atoms with E-state index in [2.05, 4.69) is 24.5 Å². The van der Waals surface area contributed by atoms with Gasteiger partial charge in [0.15, 0.2) is 0 Å². The van der Waals surface area contributed by atoms with Crippen LogP contribution in [0.2, 0.25) is 0 Å². The van der Waals surface area contributed by atoms with Crippen molar-refractivity contribution in [1.82, 2.24) is 10.6 Å². The lowest BCUT2D eigenvalue weighted by Gasteiger charge is -2.44. The van der Waals surface area contributed by atoms with Gasteiger partial charge in [-0.25, -0.2) is 0 Å². The number of aliphatic hydroxyl groups is 4. The summed E-state index contributed by atoms with van der Waals surface area (Å²) >= 11 is 1.24. The fourth-order valence-corrected chi connectivity index (χ4v) is 7.19. The van der Waals surface area contributed by atoms with Crippen LogP contribution in [0, 0.1) is 17.8 Å². The van der Waals surface area contributed by atoms with Gasteiger partial charge in [-0.1, -0.05) is 26.0 Å². The van der Waals surface area contributed by atoms with Crippen molar-refractivity contribution in [2.24, 2.45) is 17.8 Å². The zero-order valence-corrected chi connectivity index (χ0v) is 22.7. The van der Waals surface area contributed by atoms with Crippen LogP contribution in [-0.4, -0.2) is 99.4 Å². The summed E-state index contributed by atoms with van der Waals surface area (Å²) in [5.41, 5.74) is -0.821. The molecule has 0 spiro atoms. The molecule has 4 heterocycles. The summed E-state index contributed by atoms with van der Waals surface area (Å²) in [6.07, 6.45) is 2.88. The van der Waals surface area contributed by atoms with Crippen molar-refractivity contribution in [3.63, 3.8) is 0 Å². The highest BCUT2D eigenvalue weighted by atomic mass is 35.5. The van der Waals surface area contributed by atoms with Crippen LogP contribution in [0.25, 0.3) is 0 Å². The molecule has 3 saturated heterocycles. The molecule has 0 aliphatic carbocycles. The Hall–Kier alpha value is -0.430. The Bertz CT molecular complexity index is 747. The Kier molecular flexibility index (Phi) is 11.4. The molecule has 6 N–H and O–H groups in total. The van der Waals surface area contributed by atoms with Crippen LogP contribution in [0.5, 0.6) is 0 Å². The van der Waals surface area contributed by atoms with Gasteiger partial charge in [0, 0.05) is 18.4 Å². The summed E-state index contributed by atoms with van der Waals surface area (Å²) in [5, 5.41) is 47.6. The Morgan fingerprint density at radius 2 is 1.89 bits per heavy atom.